The summed E-state index contributed by atoms with van der Waals surface area (Å²) in [6, 6.07) is 16.8. The second-order valence-corrected chi connectivity index (χ2v) is 4.79. The summed E-state index contributed by atoms with van der Waals surface area (Å²) in [5.74, 6) is -0.648. The highest BCUT2D eigenvalue weighted by Gasteiger charge is 2.15. The van der Waals surface area contributed by atoms with Crippen LogP contribution in [0.3, 0.4) is 0 Å². The van der Waals surface area contributed by atoms with E-state index in [1.165, 1.54) is 6.92 Å². The van der Waals surface area contributed by atoms with Crippen LogP contribution >= 0.6 is 0 Å². The Balaban J connectivity index is 2.27. The molecule has 106 valence electrons. The van der Waals surface area contributed by atoms with Gasteiger partial charge < -0.3 is 5.32 Å². The average Bonchev–Trinajstić information content (AvgIpc) is 2.48. The second kappa shape index (κ2) is 6.66. The number of para-hydroxylation sites is 1. The van der Waals surface area contributed by atoms with Crippen molar-refractivity contribution in [3.8, 4) is 0 Å². The lowest BCUT2D eigenvalue weighted by molar-refractivity contribution is -0.118. The van der Waals surface area contributed by atoms with Crippen molar-refractivity contribution in [3.05, 3.63) is 71.3 Å². The van der Waals surface area contributed by atoms with Crippen LogP contribution in [-0.2, 0) is 9.59 Å². The Morgan fingerprint density at radius 3 is 2.19 bits per heavy atom. The third-order valence-electron chi connectivity index (χ3n) is 3.13. The van der Waals surface area contributed by atoms with E-state index in [1.54, 1.807) is 6.08 Å². The standard InChI is InChI=1S/C18H17NO2/c1-13-8-6-7-11-17(13)19-18(21)16(14(2)20)12-15-9-4-3-5-10-15/h3-12H,1-2H3,(H,19,21)/b16-12-. The molecule has 3 nitrogen and oxygen atoms in total. The molecule has 2 aromatic rings. The molecule has 0 aliphatic rings. The number of benzene rings is 2. The van der Waals surface area contributed by atoms with Crippen molar-refractivity contribution < 1.29 is 9.59 Å². The van der Waals surface area contributed by atoms with Gasteiger partial charge in [-0.05, 0) is 37.1 Å². The lowest BCUT2D eigenvalue weighted by Gasteiger charge is -2.09. The smallest absolute Gasteiger partial charge is 0.259 e. The number of carbonyl (C=O) groups is 2. The minimum absolute atomic E-state index is 0.143. The molecule has 0 spiro atoms. The van der Waals surface area contributed by atoms with Gasteiger partial charge in [-0.3, -0.25) is 9.59 Å². The first-order chi connectivity index (χ1) is 10.1. The summed E-state index contributed by atoms with van der Waals surface area (Å²) in [4.78, 5) is 24.0. The number of carbonyl (C=O) groups excluding carboxylic acids is 2. The number of Topliss-reactive ketones (excluding diaryl/α,β-unsaturated/α-hetero) is 1. The molecule has 1 amide bonds. The lowest BCUT2D eigenvalue weighted by Crippen LogP contribution is -2.19. The van der Waals surface area contributed by atoms with Crippen molar-refractivity contribution in [2.24, 2.45) is 0 Å². The summed E-state index contributed by atoms with van der Waals surface area (Å²) >= 11 is 0. The number of anilines is 1. The summed E-state index contributed by atoms with van der Waals surface area (Å²) in [6.07, 6.45) is 1.61. The van der Waals surface area contributed by atoms with E-state index < -0.39 is 0 Å². The van der Waals surface area contributed by atoms with E-state index in [1.807, 2.05) is 61.5 Å². The number of amides is 1. The minimum Gasteiger partial charge on any atom is -0.322 e. The van der Waals surface area contributed by atoms with E-state index in [4.69, 9.17) is 0 Å². The molecule has 0 saturated carbocycles. The van der Waals surface area contributed by atoms with Gasteiger partial charge in [0.25, 0.3) is 5.91 Å². The van der Waals surface area contributed by atoms with Crippen LogP contribution < -0.4 is 5.32 Å². The fraction of sp³-hybridized carbons (Fsp3) is 0.111. The molecule has 0 unspecified atom stereocenters. The molecule has 21 heavy (non-hydrogen) atoms. The quantitative estimate of drug-likeness (QED) is 0.528. The second-order valence-electron chi connectivity index (χ2n) is 4.79. The summed E-state index contributed by atoms with van der Waals surface area (Å²) < 4.78 is 0. The SMILES string of the molecule is CC(=O)/C(=C/c1ccccc1)C(=O)Nc1ccccc1C. The van der Waals surface area contributed by atoms with Crippen molar-refractivity contribution >= 4 is 23.5 Å². The monoisotopic (exact) mass is 279 g/mol. The summed E-state index contributed by atoms with van der Waals surface area (Å²) in [5.41, 5.74) is 2.63. The van der Waals surface area contributed by atoms with E-state index in [0.29, 0.717) is 5.69 Å². The molecule has 0 aliphatic heterocycles. The minimum atomic E-state index is -0.388. The Morgan fingerprint density at radius 2 is 1.57 bits per heavy atom. The molecule has 0 heterocycles. The lowest BCUT2D eigenvalue weighted by atomic mass is 10.1. The van der Waals surface area contributed by atoms with Crippen molar-refractivity contribution in [2.45, 2.75) is 13.8 Å². The molecule has 2 aromatic carbocycles. The molecule has 0 aliphatic carbocycles. The van der Waals surface area contributed by atoms with Gasteiger partial charge in [-0.2, -0.15) is 0 Å². The Morgan fingerprint density at radius 1 is 0.952 bits per heavy atom. The van der Waals surface area contributed by atoms with E-state index in [-0.39, 0.29) is 17.3 Å². The van der Waals surface area contributed by atoms with Gasteiger partial charge in [0, 0.05) is 5.69 Å². The zero-order valence-electron chi connectivity index (χ0n) is 12.1. The molecular weight excluding hydrogens is 262 g/mol. The molecule has 3 heteroatoms. The first-order valence-corrected chi connectivity index (χ1v) is 6.72. The van der Waals surface area contributed by atoms with Crippen LogP contribution in [0, 0.1) is 6.92 Å². The molecule has 0 atom stereocenters. The normalized spacial score (nSPS) is 11.0. The Hall–Kier alpha value is -2.68. The van der Waals surface area contributed by atoms with E-state index in [2.05, 4.69) is 5.32 Å². The molecule has 0 aromatic heterocycles. The highest BCUT2D eigenvalue weighted by atomic mass is 16.2. The summed E-state index contributed by atoms with van der Waals surface area (Å²) in [7, 11) is 0. The Kier molecular flexibility index (Phi) is 4.67. The number of aryl methyl sites for hydroxylation is 1. The predicted molar refractivity (Wildman–Crippen MR) is 84.9 cm³/mol. The number of rotatable bonds is 4. The van der Waals surface area contributed by atoms with Crippen molar-refractivity contribution in [2.75, 3.05) is 5.32 Å². The molecule has 2 rings (SSSR count). The number of hydrogen-bond donors (Lipinski definition) is 1. The molecule has 0 fully saturated rings. The largest absolute Gasteiger partial charge is 0.322 e. The highest BCUT2D eigenvalue weighted by Crippen LogP contribution is 2.16. The fourth-order valence-corrected chi connectivity index (χ4v) is 1.95. The molecule has 0 bridgehead atoms. The highest BCUT2D eigenvalue weighted by molar-refractivity contribution is 6.25. The maximum atomic E-state index is 12.3. The van der Waals surface area contributed by atoms with Crippen molar-refractivity contribution in [1.29, 1.82) is 0 Å². The van der Waals surface area contributed by atoms with Crippen LogP contribution in [-0.4, -0.2) is 11.7 Å². The third-order valence-corrected chi connectivity index (χ3v) is 3.13. The number of ketones is 1. The van der Waals surface area contributed by atoms with Gasteiger partial charge in [0.2, 0.25) is 0 Å². The number of hydrogen-bond acceptors (Lipinski definition) is 2. The van der Waals surface area contributed by atoms with Crippen LogP contribution in [0.2, 0.25) is 0 Å². The first kappa shape index (κ1) is 14.7. The van der Waals surface area contributed by atoms with Gasteiger partial charge in [0.05, 0.1) is 5.57 Å². The van der Waals surface area contributed by atoms with Crippen LogP contribution in [0.25, 0.3) is 6.08 Å². The van der Waals surface area contributed by atoms with Gasteiger partial charge in [0.15, 0.2) is 5.78 Å². The average molecular weight is 279 g/mol. The molecule has 0 saturated heterocycles. The zero-order chi connectivity index (χ0) is 15.2. The Labute approximate surface area is 124 Å². The maximum Gasteiger partial charge on any atom is 0.259 e. The maximum absolute atomic E-state index is 12.3. The van der Waals surface area contributed by atoms with Crippen LogP contribution in [0.5, 0.6) is 0 Å². The number of nitrogens with one attached hydrogen (secondary N) is 1. The van der Waals surface area contributed by atoms with Gasteiger partial charge in [0.1, 0.15) is 0 Å². The molecular formula is C18H17NO2. The molecule has 1 N–H and O–H groups in total. The zero-order valence-corrected chi connectivity index (χ0v) is 12.1. The third kappa shape index (κ3) is 3.89. The van der Waals surface area contributed by atoms with Crippen LogP contribution in [0.1, 0.15) is 18.1 Å². The molecule has 0 radical (unpaired) electrons. The Bertz CT molecular complexity index is 687. The first-order valence-electron chi connectivity index (χ1n) is 6.72. The van der Waals surface area contributed by atoms with Crippen LogP contribution in [0.4, 0.5) is 5.69 Å². The van der Waals surface area contributed by atoms with E-state index in [9.17, 15) is 9.59 Å². The summed E-state index contributed by atoms with van der Waals surface area (Å²) in [6.45, 7) is 3.30. The van der Waals surface area contributed by atoms with Crippen molar-refractivity contribution in [1.82, 2.24) is 0 Å². The van der Waals surface area contributed by atoms with Gasteiger partial charge in [-0.25, -0.2) is 0 Å². The van der Waals surface area contributed by atoms with Gasteiger partial charge in [-0.1, -0.05) is 48.5 Å². The van der Waals surface area contributed by atoms with E-state index >= 15 is 0 Å². The van der Waals surface area contributed by atoms with Crippen LogP contribution in [0.15, 0.2) is 60.2 Å². The summed E-state index contributed by atoms with van der Waals surface area (Å²) in [5, 5.41) is 2.78. The predicted octanol–water partition coefficient (Wildman–Crippen LogP) is 3.61. The van der Waals surface area contributed by atoms with Gasteiger partial charge in [-0.15, -0.1) is 0 Å². The van der Waals surface area contributed by atoms with E-state index in [0.717, 1.165) is 11.1 Å². The van der Waals surface area contributed by atoms with Gasteiger partial charge >= 0.3 is 0 Å². The fourth-order valence-electron chi connectivity index (χ4n) is 1.95. The topological polar surface area (TPSA) is 46.2 Å². The van der Waals surface area contributed by atoms with Crippen molar-refractivity contribution in [3.63, 3.8) is 0 Å².